The smallest absolute Gasteiger partial charge is 0.267 e. The maximum Gasteiger partial charge on any atom is 0.267 e. The molecule has 2 N–H and O–H groups in total. The molecular formula is C21H15F2N3O3. The zero-order valence-corrected chi connectivity index (χ0v) is 15.1. The van der Waals surface area contributed by atoms with Crippen LogP contribution in [-0.2, 0) is 16.1 Å². The van der Waals surface area contributed by atoms with E-state index in [9.17, 15) is 23.2 Å². The summed E-state index contributed by atoms with van der Waals surface area (Å²) in [6.07, 6.45) is 0.131. The molecule has 0 spiro atoms. The van der Waals surface area contributed by atoms with E-state index in [2.05, 4.69) is 4.98 Å². The molecule has 1 aliphatic heterocycles. The minimum atomic E-state index is -0.883. The van der Waals surface area contributed by atoms with Crippen LogP contribution in [0.2, 0.25) is 0 Å². The number of amides is 3. The molecule has 0 radical (unpaired) electrons. The predicted molar refractivity (Wildman–Crippen MR) is 100 cm³/mol. The highest BCUT2D eigenvalue weighted by Gasteiger charge is 2.30. The van der Waals surface area contributed by atoms with Crippen LogP contribution < -0.4 is 5.73 Å². The number of hydrogen-bond donors (Lipinski definition) is 1. The van der Waals surface area contributed by atoms with Gasteiger partial charge in [0.15, 0.2) is 0 Å². The summed E-state index contributed by atoms with van der Waals surface area (Å²) in [5.74, 6) is -3.32. The lowest BCUT2D eigenvalue weighted by atomic mass is 9.94. The summed E-state index contributed by atoms with van der Waals surface area (Å²) in [5, 5.41) is 0.517. The molecule has 2 heterocycles. The second-order valence-corrected chi connectivity index (χ2v) is 6.73. The lowest BCUT2D eigenvalue weighted by Gasteiger charge is -2.19. The van der Waals surface area contributed by atoms with Crippen LogP contribution in [0.15, 0.2) is 42.5 Å². The molecule has 1 aliphatic rings. The van der Waals surface area contributed by atoms with Crippen LogP contribution in [0.4, 0.5) is 8.78 Å². The molecule has 0 saturated carbocycles. The van der Waals surface area contributed by atoms with Crippen molar-refractivity contribution in [1.29, 1.82) is 0 Å². The van der Waals surface area contributed by atoms with Gasteiger partial charge < -0.3 is 5.73 Å². The largest absolute Gasteiger partial charge is 0.364 e. The molecule has 3 aromatic rings. The maximum atomic E-state index is 15.0. The number of rotatable bonds is 4. The molecule has 0 aliphatic carbocycles. The fourth-order valence-electron chi connectivity index (χ4n) is 3.53. The van der Waals surface area contributed by atoms with E-state index in [1.165, 1.54) is 6.07 Å². The van der Waals surface area contributed by atoms with Crippen LogP contribution in [0, 0.1) is 11.6 Å². The number of nitrogens with zero attached hydrogens (tertiary/aromatic N) is 2. The summed E-state index contributed by atoms with van der Waals surface area (Å²) in [7, 11) is 0. The number of benzene rings is 2. The van der Waals surface area contributed by atoms with Gasteiger partial charge in [-0.05, 0) is 29.3 Å². The van der Waals surface area contributed by atoms with Gasteiger partial charge >= 0.3 is 0 Å². The molecule has 4 rings (SSSR count). The minimum Gasteiger partial charge on any atom is -0.364 e. The third kappa shape index (κ3) is 3.33. The Bertz CT molecular complexity index is 1180. The fourth-order valence-corrected chi connectivity index (χ4v) is 3.53. The number of halogens is 2. The monoisotopic (exact) mass is 395 g/mol. The molecule has 1 saturated heterocycles. The van der Waals surface area contributed by atoms with Gasteiger partial charge in [-0.15, -0.1) is 0 Å². The average molecular weight is 395 g/mol. The first kappa shape index (κ1) is 18.7. The van der Waals surface area contributed by atoms with Crippen LogP contribution in [0.3, 0.4) is 0 Å². The van der Waals surface area contributed by atoms with Gasteiger partial charge in [-0.25, -0.2) is 13.8 Å². The molecule has 1 aromatic heterocycles. The van der Waals surface area contributed by atoms with Gasteiger partial charge in [-0.1, -0.05) is 18.2 Å². The lowest BCUT2D eigenvalue weighted by Crippen LogP contribution is -2.28. The predicted octanol–water partition coefficient (Wildman–Crippen LogP) is 2.93. The number of carbonyl (C=O) groups excluding carboxylic acids is 3. The second-order valence-electron chi connectivity index (χ2n) is 6.73. The normalized spacial score (nSPS) is 14.1. The van der Waals surface area contributed by atoms with E-state index in [0.29, 0.717) is 17.0 Å². The summed E-state index contributed by atoms with van der Waals surface area (Å²) >= 11 is 0. The van der Waals surface area contributed by atoms with Crippen molar-refractivity contribution in [2.75, 3.05) is 0 Å². The van der Waals surface area contributed by atoms with E-state index in [1.807, 2.05) is 0 Å². The first-order valence-corrected chi connectivity index (χ1v) is 8.86. The van der Waals surface area contributed by atoms with Crippen LogP contribution in [-0.4, -0.2) is 27.6 Å². The van der Waals surface area contributed by atoms with E-state index in [-0.39, 0.29) is 41.8 Å². The Morgan fingerprint density at radius 3 is 2.45 bits per heavy atom. The Labute approximate surface area is 163 Å². The Morgan fingerprint density at radius 1 is 1.07 bits per heavy atom. The number of nitrogens with two attached hydrogens (primary N) is 1. The summed E-state index contributed by atoms with van der Waals surface area (Å²) in [5.41, 5.74) is 6.06. The Kier molecular flexibility index (Phi) is 4.54. The Hall–Kier alpha value is -3.68. The van der Waals surface area contributed by atoms with E-state index in [4.69, 9.17) is 5.73 Å². The number of para-hydroxylation sites is 1. The van der Waals surface area contributed by atoms with Gasteiger partial charge in [0.25, 0.3) is 5.91 Å². The van der Waals surface area contributed by atoms with Crippen LogP contribution >= 0.6 is 0 Å². The van der Waals surface area contributed by atoms with Gasteiger partial charge in [0.1, 0.15) is 17.3 Å². The van der Waals surface area contributed by atoms with Crippen molar-refractivity contribution < 1.29 is 23.2 Å². The molecule has 8 heteroatoms. The van der Waals surface area contributed by atoms with E-state index < -0.39 is 29.4 Å². The van der Waals surface area contributed by atoms with Crippen molar-refractivity contribution in [3.63, 3.8) is 0 Å². The van der Waals surface area contributed by atoms with Gasteiger partial charge in [0, 0.05) is 29.9 Å². The van der Waals surface area contributed by atoms with Crippen molar-refractivity contribution in [2.24, 2.45) is 5.73 Å². The number of primary amides is 1. The molecule has 3 amide bonds. The van der Waals surface area contributed by atoms with Gasteiger partial charge in [0.2, 0.25) is 11.8 Å². The number of pyridine rings is 1. The van der Waals surface area contributed by atoms with Crippen LogP contribution in [0.25, 0.3) is 22.0 Å². The molecule has 1 fully saturated rings. The summed E-state index contributed by atoms with van der Waals surface area (Å²) in [4.78, 5) is 40.9. The molecule has 0 atom stereocenters. The summed E-state index contributed by atoms with van der Waals surface area (Å²) in [6.45, 7) is -0.274. The molecule has 0 bridgehead atoms. The zero-order valence-electron chi connectivity index (χ0n) is 15.1. The first-order valence-electron chi connectivity index (χ1n) is 8.86. The van der Waals surface area contributed by atoms with Gasteiger partial charge in [-0.3, -0.25) is 19.3 Å². The van der Waals surface area contributed by atoms with Gasteiger partial charge in [-0.2, -0.15) is 0 Å². The Balaban J connectivity index is 1.97. The molecule has 2 aromatic carbocycles. The highest BCUT2D eigenvalue weighted by Crippen LogP contribution is 2.35. The number of imide groups is 1. The van der Waals surface area contributed by atoms with Crippen molar-refractivity contribution in [3.8, 4) is 11.1 Å². The lowest BCUT2D eigenvalue weighted by molar-refractivity contribution is -0.139. The summed E-state index contributed by atoms with van der Waals surface area (Å²) in [6, 6.07) is 9.86. The number of aromatic nitrogens is 1. The average Bonchev–Trinajstić information content (AvgIpc) is 2.99. The number of likely N-dealkylation sites (tertiary alicyclic amines) is 1. The summed E-state index contributed by atoms with van der Waals surface area (Å²) < 4.78 is 29.0. The minimum absolute atomic E-state index is 0.0139. The molecule has 0 unspecified atom stereocenters. The standard InChI is InChI=1S/C21H15F2N3O3/c22-12-7-11(10-26-18(27)5-6-19(26)28)20(15(23)8-12)14-9-17(21(24)29)25-16-4-2-1-3-13(14)16/h1-4,7-9H,5-6,10H2,(H2,24,29). The molecule has 146 valence electrons. The number of hydrogen-bond acceptors (Lipinski definition) is 4. The topological polar surface area (TPSA) is 93.4 Å². The van der Waals surface area contributed by atoms with E-state index in [1.54, 1.807) is 24.3 Å². The third-order valence-electron chi connectivity index (χ3n) is 4.86. The zero-order chi connectivity index (χ0) is 20.7. The first-order chi connectivity index (χ1) is 13.8. The SMILES string of the molecule is NC(=O)c1cc(-c2c(F)cc(F)cc2CN2C(=O)CCC2=O)c2ccccc2n1. The quantitative estimate of drug-likeness (QED) is 0.688. The van der Waals surface area contributed by atoms with Gasteiger partial charge in [0.05, 0.1) is 12.1 Å². The van der Waals surface area contributed by atoms with Crippen molar-refractivity contribution in [2.45, 2.75) is 19.4 Å². The maximum absolute atomic E-state index is 15.0. The number of carbonyl (C=O) groups is 3. The molecular weight excluding hydrogens is 380 g/mol. The van der Waals surface area contributed by atoms with Crippen molar-refractivity contribution in [3.05, 3.63) is 65.4 Å². The number of fused-ring (bicyclic) bond motifs is 1. The van der Waals surface area contributed by atoms with Crippen molar-refractivity contribution >= 4 is 28.6 Å². The van der Waals surface area contributed by atoms with Crippen LogP contribution in [0.5, 0.6) is 0 Å². The molecule has 29 heavy (non-hydrogen) atoms. The van der Waals surface area contributed by atoms with Crippen LogP contribution in [0.1, 0.15) is 28.9 Å². The fraction of sp³-hybridized carbons (Fsp3) is 0.143. The highest BCUT2D eigenvalue weighted by atomic mass is 19.1. The third-order valence-corrected chi connectivity index (χ3v) is 4.86. The molecule has 6 nitrogen and oxygen atoms in total. The highest BCUT2D eigenvalue weighted by molar-refractivity contribution is 6.03. The van der Waals surface area contributed by atoms with E-state index in [0.717, 1.165) is 11.0 Å². The van der Waals surface area contributed by atoms with E-state index >= 15 is 0 Å². The van der Waals surface area contributed by atoms with Crippen molar-refractivity contribution in [1.82, 2.24) is 9.88 Å². The second kappa shape index (κ2) is 7.05. The Morgan fingerprint density at radius 2 is 1.76 bits per heavy atom.